The standard InChI is InChI=1S/C16H17ClN2O4/c1-10-5-12(23-18-10)9-19(2)16(20)7-11-6-14-15(8-13(11)17)22-4-3-21-14/h5-6,8H,3-4,7,9H2,1-2H3. The highest BCUT2D eigenvalue weighted by molar-refractivity contribution is 6.31. The second kappa shape index (κ2) is 6.50. The highest BCUT2D eigenvalue weighted by atomic mass is 35.5. The minimum absolute atomic E-state index is 0.0716. The summed E-state index contributed by atoms with van der Waals surface area (Å²) >= 11 is 6.24. The largest absolute Gasteiger partial charge is 0.486 e. The van der Waals surface area contributed by atoms with Gasteiger partial charge in [0.25, 0.3) is 0 Å². The number of amides is 1. The lowest BCUT2D eigenvalue weighted by Gasteiger charge is -2.20. The van der Waals surface area contributed by atoms with Gasteiger partial charge in [-0.05, 0) is 18.6 Å². The molecular weight excluding hydrogens is 320 g/mol. The number of carbonyl (C=O) groups is 1. The topological polar surface area (TPSA) is 64.8 Å². The lowest BCUT2D eigenvalue weighted by Crippen LogP contribution is -2.27. The molecule has 1 aliphatic rings. The number of halogens is 1. The third kappa shape index (κ3) is 3.59. The molecule has 23 heavy (non-hydrogen) atoms. The lowest BCUT2D eigenvalue weighted by atomic mass is 10.1. The minimum atomic E-state index is -0.0716. The van der Waals surface area contributed by atoms with E-state index < -0.39 is 0 Å². The number of rotatable bonds is 4. The fraction of sp³-hybridized carbons (Fsp3) is 0.375. The highest BCUT2D eigenvalue weighted by Gasteiger charge is 2.19. The molecule has 2 heterocycles. The maximum atomic E-state index is 12.4. The SMILES string of the molecule is Cc1cc(CN(C)C(=O)Cc2cc3c(cc2Cl)OCCO3)on1. The maximum Gasteiger partial charge on any atom is 0.227 e. The van der Waals surface area contributed by atoms with Crippen LogP contribution in [0, 0.1) is 6.92 Å². The van der Waals surface area contributed by atoms with Crippen LogP contribution < -0.4 is 9.47 Å². The Morgan fingerprint density at radius 2 is 1.96 bits per heavy atom. The van der Waals surface area contributed by atoms with E-state index in [1.807, 2.05) is 6.92 Å². The van der Waals surface area contributed by atoms with Crippen LogP contribution in [0.4, 0.5) is 0 Å². The van der Waals surface area contributed by atoms with Crippen LogP contribution >= 0.6 is 11.6 Å². The normalized spacial score (nSPS) is 13.0. The van der Waals surface area contributed by atoms with Crippen LogP contribution in [-0.2, 0) is 17.8 Å². The molecule has 122 valence electrons. The van der Waals surface area contributed by atoms with Gasteiger partial charge in [-0.1, -0.05) is 16.8 Å². The molecular formula is C16H17ClN2O4. The van der Waals surface area contributed by atoms with Gasteiger partial charge in [-0.3, -0.25) is 4.79 Å². The molecule has 0 radical (unpaired) electrons. The number of likely N-dealkylation sites (N-methyl/N-ethyl adjacent to an activating group) is 1. The van der Waals surface area contributed by atoms with E-state index in [2.05, 4.69) is 5.16 Å². The first-order valence-corrected chi connectivity index (χ1v) is 7.65. The molecule has 0 aliphatic carbocycles. The quantitative estimate of drug-likeness (QED) is 0.858. The van der Waals surface area contributed by atoms with E-state index in [1.165, 1.54) is 0 Å². The van der Waals surface area contributed by atoms with E-state index in [1.54, 1.807) is 30.1 Å². The number of fused-ring (bicyclic) bond motifs is 1. The monoisotopic (exact) mass is 336 g/mol. The summed E-state index contributed by atoms with van der Waals surface area (Å²) in [5.74, 6) is 1.81. The number of aryl methyl sites for hydroxylation is 1. The zero-order valence-corrected chi connectivity index (χ0v) is 13.7. The van der Waals surface area contributed by atoms with Crippen molar-refractivity contribution in [3.63, 3.8) is 0 Å². The molecule has 1 aromatic heterocycles. The summed E-state index contributed by atoms with van der Waals surface area (Å²) in [7, 11) is 1.71. The third-order valence-electron chi connectivity index (χ3n) is 3.55. The molecule has 1 aliphatic heterocycles. The van der Waals surface area contributed by atoms with Gasteiger partial charge in [-0.15, -0.1) is 0 Å². The van der Waals surface area contributed by atoms with Gasteiger partial charge in [-0.2, -0.15) is 0 Å². The van der Waals surface area contributed by atoms with Gasteiger partial charge in [0, 0.05) is 24.2 Å². The van der Waals surface area contributed by atoms with Crippen LogP contribution in [0.2, 0.25) is 5.02 Å². The van der Waals surface area contributed by atoms with Crippen molar-refractivity contribution in [2.45, 2.75) is 19.9 Å². The predicted molar refractivity (Wildman–Crippen MR) is 83.9 cm³/mol. The van der Waals surface area contributed by atoms with Crippen molar-refractivity contribution < 1.29 is 18.8 Å². The Labute approximate surface area is 138 Å². The third-order valence-corrected chi connectivity index (χ3v) is 3.90. The van der Waals surface area contributed by atoms with Gasteiger partial charge in [0.1, 0.15) is 13.2 Å². The molecule has 0 unspecified atom stereocenters. The highest BCUT2D eigenvalue weighted by Crippen LogP contribution is 2.35. The fourth-order valence-electron chi connectivity index (χ4n) is 2.35. The Morgan fingerprint density at radius 3 is 2.61 bits per heavy atom. The summed E-state index contributed by atoms with van der Waals surface area (Å²) in [6.45, 7) is 3.19. The fourth-order valence-corrected chi connectivity index (χ4v) is 2.57. The van der Waals surface area contributed by atoms with E-state index in [4.69, 9.17) is 25.6 Å². The van der Waals surface area contributed by atoms with Gasteiger partial charge < -0.3 is 18.9 Å². The molecule has 0 saturated carbocycles. The molecule has 7 heteroatoms. The first-order valence-electron chi connectivity index (χ1n) is 7.27. The molecule has 0 bridgehead atoms. The van der Waals surface area contributed by atoms with Crippen molar-refractivity contribution in [3.8, 4) is 11.5 Å². The average Bonchev–Trinajstić information content (AvgIpc) is 2.93. The number of benzene rings is 1. The zero-order valence-electron chi connectivity index (χ0n) is 13.0. The number of ether oxygens (including phenoxy) is 2. The van der Waals surface area contributed by atoms with E-state index in [9.17, 15) is 4.79 Å². The molecule has 0 saturated heterocycles. The average molecular weight is 337 g/mol. The number of aromatic nitrogens is 1. The lowest BCUT2D eigenvalue weighted by molar-refractivity contribution is -0.129. The minimum Gasteiger partial charge on any atom is -0.486 e. The van der Waals surface area contributed by atoms with Crippen LogP contribution in [0.1, 0.15) is 17.0 Å². The Bertz CT molecular complexity index is 729. The summed E-state index contributed by atoms with van der Waals surface area (Å²) in [6, 6.07) is 5.26. The number of hydrogen-bond acceptors (Lipinski definition) is 5. The van der Waals surface area contributed by atoms with Crippen molar-refractivity contribution >= 4 is 17.5 Å². The zero-order chi connectivity index (χ0) is 16.4. The van der Waals surface area contributed by atoms with Crippen LogP contribution in [0.15, 0.2) is 22.7 Å². The summed E-state index contributed by atoms with van der Waals surface area (Å²) in [5, 5.41) is 4.30. The van der Waals surface area contributed by atoms with Gasteiger partial charge in [-0.25, -0.2) is 0 Å². The molecule has 0 fully saturated rings. The summed E-state index contributed by atoms with van der Waals surface area (Å²) in [6.07, 6.45) is 0.180. The second-order valence-electron chi connectivity index (χ2n) is 5.45. The Morgan fingerprint density at radius 1 is 1.26 bits per heavy atom. The molecule has 1 aromatic carbocycles. The molecule has 0 N–H and O–H groups in total. The van der Waals surface area contributed by atoms with Gasteiger partial charge >= 0.3 is 0 Å². The number of carbonyl (C=O) groups excluding carboxylic acids is 1. The van der Waals surface area contributed by atoms with E-state index >= 15 is 0 Å². The predicted octanol–water partition coefficient (Wildman–Crippen LogP) is 2.61. The Hall–Kier alpha value is -2.21. The van der Waals surface area contributed by atoms with E-state index in [0.29, 0.717) is 47.6 Å². The van der Waals surface area contributed by atoms with Crippen molar-refractivity contribution in [3.05, 3.63) is 40.2 Å². The molecule has 6 nitrogen and oxygen atoms in total. The van der Waals surface area contributed by atoms with E-state index in [-0.39, 0.29) is 12.3 Å². The molecule has 0 spiro atoms. The van der Waals surface area contributed by atoms with Crippen molar-refractivity contribution in [1.29, 1.82) is 0 Å². The van der Waals surface area contributed by atoms with Crippen molar-refractivity contribution in [2.24, 2.45) is 0 Å². The number of nitrogens with zero attached hydrogens (tertiary/aromatic N) is 2. The first-order chi connectivity index (χ1) is 11.0. The Kier molecular flexibility index (Phi) is 4.43. The van der Waals surface area contributed by atoms with Crippen molar-refractivity contribution in [1.82, 2.24) is 10.1 Å². The first kappa shape index (κ1) is 15.7. The van der Waals surface area contributed by atoms with Crippen LogP contribution in [-0.4, -0.2) is 36.2 Å². The number of hydrogen-bond donors (Lipinski definition) is 0. The summed E-state index contributed by atoms with van der Waals surface area (Å²) in [5.41, 5.74) is 1.50. The van der Waals surface area contributed by atoms with Crippen LogP contribution in [0.25, 0.3) is 0 Å². The molecule has 2 aromatic rings. The maximum absolute atomic E-state index is 12.4. The summed E-state index contributed by atoms with van der Waals surface area (Å²) < 4.78 is 16.1. The van der Waals surface area contributed by atoms with Crippen LogP contribution in [0.5, 0.6) is 11.5 Å². The Balaban J connectivity index is 1.69. The van der Waals surface area contributed by atoms with Gasteiger partial charge in [0.05, 0.1) is 18.7 Å². The molecule has 1 amide bonds. The van der Waals surface area contributed by atoms with Crippen LogP contribution in [0.3, 0.4) is 0 Å². The van der Waals surface area contributed by atoms with Gasteiger partial charge in [0.15, 0.2) is 17.3 Å². The smallest absolute Gasteiger partial charge is 0.227 e. The van der Waals surface area contributed by atoms with E-state index in [0.717, 1.165) is 5.69 Å². The second-order valence-corrected chi connectivity index (χ2v) is 5.86. The summed E-state index contributed by atoms with van der Waals surface area (Å²) in [4.78, 5) is 14.0. The van der Waals surface area contributed by atoms with Gasteiger partial charge in [0.2, 0.25) is 5.91 Å². The molecule has 0 atom stereocenters. The molecule has 3 rings (SSSR count). The van der Waals surface area contributed by atoms with Crippen molar-refractivity contribution in [2.75, 3.05) is 20.3 Å².